The van der Waals surface area contributed by atoms with Gasteiger partial charge in [-0.25, -0.2) is 0 Å². The van der Waals surface area contributed by atoms with Gasteiger partial charge in [-0.05, 0) is 38.0 Å². The summed E-state index contributed by atoms with van der Waals surface area (Å²) >= 11 is 11.8. The minimum Gasteiger partial charge on any atom is -0.339 e. The largest absolute Gasteiger partial charge is 0.339 e. The molecule has 2 N–H and O–H groups in total. The van der Waals surface area contributed by atoms with Crippen molar-refractivity contribution < 1.29 is 4.79 Å². The molecule has 1 unspecified atom stereocenters. The molecule has 0 bridgehead atoms. The zero-order valence-corrected chi connectivity index (χ0v) is 12.8. The maximum absolute atomic E-state index is 12.0. The molecule has 0 saturated carbocycles. The summed E-state index contributed by atoms with van der Waals surface area (Å²) < 4.78 is 0. The zero-order valence-electron chi connectivity index (χ0n) is 11.3. The zero-order chi connectivity index (χ0) is 14.4. The fourth-order valence-electron chi connectivity index (χ4n) is 1.74. The van der Waals surface area contributed by atoms with Crippen molar-refractivity contribution >= 4 is 29.1 Å². The van der Waals surface area contributed by atoms with E-state index in [1.165, 1.54) is 0 Å². The smallest absolute Gasteiger partial charge is 0.222 e. The molecular weight excluding hydrogens is 283 g/mol. The summed E-state index contributed by atoms with van der Waals surface area (Å²) in [4.78, 5) is 13.8. The Morgan fingerprint density at radius 3 is 2.58 bits per heavy atom. The van der Waals surface area contributed by atoms with E-state index in [0.29, 0.717) is 36.0 Å². The van der Waals surface area contributed by atoms with E-state index in [0.717, 1.165) is 5.56 Å². The summed E-state index contributed by atoms with van der Waals surface area (Å²) in [5.74, 6) is 0.117. The first kappa shape index (κ1) is 16.3. The van der Waals surface area contributed by atoms with Crippen LogP contribution in [0.4, 0.5) is 0 Å². The predicted molar refractivity (Wildman–Crippen MR) is 80.4 cm³/mol. The molecule has 3 nitrogen and oxygen atoms in total. The van der Waals surface area contributed by atoms with Crippen molar-refractivity contribution in [3.8, 4) is 0 Å². The lowest BCUT2D eigenvalue weighted by Gasteiger charge is -2.21. The van der Waals surface area contributed by atoms with Crippen LogP contribution in [0.15, 0.2) is 18.2 Å². The lowest BCUT2D eigenvalue weighted by molar-refractivity contribution is -0.131. The maximum Gasteiger partial charge on any atom is 0.222 e. The van der Waals surface area contributed by atoms with Gasteiger partial charge in [-0.3, -0.25) is 4.79 Å². The van der Waals surface area contributed by atoms with Gasteiger partial charge >= 0.3 is 0 Å². The number of amides is 1. The normalized spacial score (nSPS) is 12.3. The van der Waals surface area contributed by atoms with Crippen LogP contribution in [0.2, 0.25) is 10.0 Å². The van der Waals surface area contributed by atoms with Gasteiger partial charge in [0.15, 0.2) is 0 Å². The molecule has 1 amide bonds. The molecule has 1 rings (SSSR count). The van der Waals surface area contributed by atoms with Gasteiger partial charge in [0.1, 0.15) is 0 Å². The average Bonchev–Trinajstić information content (AvgIpc) is 2.37. The van der Waals surface area contributed by atoms with Gasteiger partial charge in [-0.1, -0.05) is 29.3 Å². The maximum atomic E-state index is 12.0. The fraction of sp³-hybridized carbons (Fsp3) is 0.500. The van der Waals surface area contributed by atoms with Crippen molar-refractivity contribution in [2.24, 2.45) is 5.73 Å². The summed E-state index contributed by atoms with van der Waals surface area (Å²) in [6.45, 7) is 5.08. The lowest BCUT2D eigenvalue weighted by Crippen LogP contribution is -2.31. The van der Waals surface area contributed by atoms with Crippen LogP contribution in [0.5, 0.6) is 0 Å². The molecule has 1 aromatic rings. The van der Waals surface area contributed by atoms with Crippen LogP contribution in [-0.2, 0) is 11.3 Å². The van der Waals surface area contributed by atoms with E-state index < -0.39 is 0 Å². The van der Waals surface area contributed by atoms with E-state index in [4.69, 9.17) is 28.9 Å². The van der Waals surface area contributed by atoms with Crippen LogP contribution in [0.1, 0.15) is 32.3 Å². The highest BCUT2D eigenvalue weighted by Gasteiger charge is 2.13. The molecule has 0 saturated heterocycles. The molecule has 1 atom stereocenters. The topological polar surface area (TPSA) is 46.3 Å². The number of benzene rings is 1. The van der Waals surface area contributed by atoms with Crippen molar-refractivity contribution in [3.05, 3.63) is 33.8 Å². The third-order valence-electron chi connectivity index (χ3n) is 2.91. The number of hydrogen-bond acceptors (Lipinski definition) is 2. The number of nitrogens with two attached hydrogens (primary N) is 1. The van der Waals surface area contributed by atoms with Crippen molar-refractivity contribution in [1.82, 2.24) is 4.90 Å². The SMILES string of the molecule is CCN(Cc1ccc(Cl)c(Cl)c1)C(=O)CCC(C)N. The van der Waals surface area contributed by atoms with Crippen molar-refractivity contribution in [3.63, 3.8) is 0 Å². The quantitative estimate of drug-likeness (QED) is 0.874. The Morgan fingerprint density at radius 1 is 1.37 bits per heavy atom. The molecule has 0 aliphatic heterocycles. The number of nitrogens with zero attached hydrogens (tertiary/aromatic N) is 1. The number of hydrogen-bond donors (Lipinski definition) is 1. The standard InChI is InChI=1S/C14H20Cl2N2O/c1-3-18(14(19)7-4-10(2)17)9-11-5-6-12(15)13(16)8-11/h5-6,8,10H,3-4,7,9,17H2,1-2H3. The molecule has 1 aromatic carbocycles. The Balaban J connectivity index is 2.65. The van der Waals surface area contributed by atoms with Crippen LogP contribution in [0, 0.1) is 0 Å². The van der Waals surface area contributed by atoms with E-state index in [9.17, 15) is 4.79 Å². The van der Waals surface area contributed by atoms with Crippen molar-refractivity contribution in [2.45, 2.75) is 39.3 Å². The summed E-state index contributed by atoms with van der Waals surface area (Å²) in [7, 11) is 0. The molecule has 5 heteroatoms. The number of carbonyl (C=O) groups is 1. The fourth-order valence-corrected chi connectivity index (χ4v) is 2.06. The molecule has 0 aliphatic rings. The molecule has 0 fully saturated rings. The van der Waals surface area contributed by atoms with Crippen LogP contribution in [0.25, 0.3) is 0 Å². The predicted octanol–water partition coefficient (Wildman–Crippen LogP) is 3.47. The first-order chi connectivity index (χ1) is 8.93. The molecule has 0 radical (unpaired) electrons. The second kappa shape index (κ2) is 7.73. The number of halogens is 2. The first-order valence-corrected chi connectivity index (χ1v) is 7.17. The Labute approximate surface area is 124 Å². The monoisotopic (exact) mass is 302 g/mol. The summed E-state index contributed by atoms with van der Waals surface area (Å²) in [5, 5.41) is 1.04. The highest BCUT2D eigenvalue weighted by molar-refractivity contribution is 6.42. The van der Waals surface area contributed by atoms with Crippen molar-refractivity contribution in [2.75, 3.05) is 6.54 Å². The van der Waals surface area contributed by atoms with Gasteiger partial charge in [-0.15, -0.1) is 0 Å². The lowest BCUT2D eigenvalue weighted by atomic mass is 10.1. The number of rotatable bonds is 6. The van der Waals surface area contributed by atoms with E-state index in [1.807, 2.05) is 19.9 Å². The molecule has 0 heterocycles. The van der Waals surface area contributed by atoms with E-state index in [2.05, 4.69) is 0 Å². The highest BCUT2D eigenvalue weighted by Crippen LogP contribution is 2.23. The Kier molecular flexibility index (Phi) is 6.63. The van der Waals surface area contributed by atoms with E-state index in [1.54, 1.807) is 17.0 Å². The second-order valence-electron chi connectivity index (χ2n) is 4.67. The van der Waals surface area contributed by atoms with Gasteiger partial charge in [0.2, 0.25) is 5.91 Å². The first-order valence-electron chi connectivity index (χ1n) is 6.41. The van der Waals surface area contributed by atoms with Crippen molar-refractivity contribution in [1.29, 1.82) is 0 Å². The van der Waals surface area contributed by atoms with Crippen LogP contribution in [-0.4, -0.2) is 23.4 Å². The summed E-state index contributed by atoms with van der Waals surface area (Å²) in [6.07, 6.45) is 1.18. The van der Waals surface area contributed by atoms with Gasteiger partial charge in [0, 0.05) is 25.6 Å². The highest BCUT2D eigenvalue weighted by atomic mass is 35.5. The van der Waals surface area contributed by atoms with E-state index in [-0.39, 0.29) is 11.9 Å². The number of carbonyl (C=O) groups excluding carboxylic acids is 1. The van der Waals surface area contributed by atoms with Gasteiger partial charge in [0.05, 0.1) is 10.0 Å². The molecule has 106 valence electrons. The van der Waals surface area contributed by atoms with Crippen LogP contribution < -0.4 is 5.73 Å². The Hall–Kier alpha value is -0.770. The molecule has 0 aliphatic carbocycles. The van der Waals surface area contributed by atoms with Crippen LogP contribution in [0.3, 0.4) is 0 Å². The summed E-state index contributed by atoms with van der Waals surface area (Å²) in [5.41, 5.74) is 6.65. The Bertz CT molecular complexity index is 435. The minimum atomic E-state index is 0.0487. The van der Waals surface area contributed by atoms with E-state index >= 15 is 0 Å². The third kappa shape index (κ3) is 5.39. The Morgan fingerprint density at radius 2 is 2.05 bits per heavy atom. The molecule has 19 heavy (non-hydrogen) atoms. The molecule has 0 aromatic heterocycles. The molecular formula is C14H20Cl2N2O. The van der Waals surface area contributed by atoms with Gasteiger partial charge in [-0.2, -0.15) is 0 Å². The second-order valence-corrected chi connectivity index (χ2v) is 5.49. The molecule has 0 spiro atoms. The average molecular weight is 303 g/mol. The minimum absolute atomic E-state index is 0.0487. The third-order valence-corrected chi connectivity index (χ3v) is 3.64. The van der Waals surface area contributed by atoms with Gasteiger partial charge < -0.3 is 10.6 Å². The summed E-state index contributed by atoms with van der Waals surface area (Å²) in [6, 6.07) is 5.48. The van der Waals surface area contributed by atoms with Crippen LogP contribution >= 0.6 is 23.2 Å². The van der Waals surface area contributed by atoms with Gasteiger partial charge in [0.25, 0.3) is 0 Å².